The van der Waals surface area contributed by atoms with Crippen LogP contribution in [0, 0.1) is 0 Å². The monoisotopic (exact) mass is 877 g/mol. The molecule has 1 saturated carbocycles. The smallest absolute Gasteiger partial charge is 0.207 e. The van der Waals surface area contributed by atoms with E-state index in [1.165, 1.54) is 88.7 Å². The van der Waals surface area contributed by atoms with Gasteiger partial charge in [-0.25, -0.2) is 0 Å². The summed E-state index contributed by atoms with van der Waals surface area (Å²) in [6.07, 6.45) is 17.9. The molecule has 0 aliphatic heterocycles. The van der Waals surface area contributed by atoms with E-state index in [4.69, 9.17) is 9.98 Å². The zero-order valence-electron chi connectivity index (χ0n) is 44.0. The molecule has 1 aliphatic carbocycles. The van der Waals surface area contributed by atoms with Crippen molar-refractivity contribution in [2.24, 2.45) is 9.98 Å². The molecule has 0 radical (unpaired) electrons. The Morgan fingerprint density at radius 2 is 0.889 bits per heavy atom. The van der Waals surface area contributed by atoms with Crippen molar-refractivity contribution in [2.45, 2.75) is 182 Å². The normalized spacial score (nSPS) is 17.4. The Bertz CT molecular complexity index is 1750. The molecule has 1 fully saturated rings. The summed E-state index contributed by atoms with van der Waals surface area (Å²) in [6.45, 7) is 32.3. The van der Waals surface area contributed by atoms with Crippen LogP contribution in [0.5, 0.6) is 11.5 Å². The minimum absolute atomic E-state index is 0.00867. The maximum Gasteiger partial charge on any atom is 0.207 e. The van der Waals surface area contributed by atoms with Crippen LogP contribution in [0.15, 0.2) is 34.3 Å². The van der Waals surface area contributed by atoms with E-state index in [9.17, 15) is 10.2 Å². The first-order valence-corrected chi connectivity index (χ1v) is 25.4. The first-order valence-electron chi connectivity index (χ1n) is 25.4. The largest absolute Gasteiger partial charge is 0.507 e. The van der Waals surface area contributed by atoms with Crippen LogP contribution in [-0.4, -0.2) is 141 Å². The highest BCUT2D eigenvalue weighted by Crippen LogP contribution is 2.35. The third-order valence-corrected chi connectivity index (χ3v) is 14.0. The molecule has 2 aromatic carbocycles. The zero-order valence-corrected chi connectivity index (χ0v) is 44.0. The summed E-state index contributed by atoms with van der Waals surface area (Å²) in [5, 5.41) is 23.9. The maximum atomic E-state index is 12.0. The van der Waals surface area contributed by atoms with Crippen molar-refractivity contribution in [1.82, 2.24) is 0 Å². The number of hydrogen-bond donors (Lipinski definition) is 2. The quantitative estimate of drug-likeness (QED) is 0.0593. The number of rotatable bonds is 25. The fraction of sp³-hybridized carbons (Fsp3) is 0.745. The molecular weight excluding hydrogens is 777 g/mol. The number of phenols is 2. The molecule has 2 aromatic rings. The van der Waals surface area contributed by atoms with Gasteiger partial charge in [0.1, 0.15) is 37.7 Å². The number of likely N-dealkylation sites (N-methyl/N-ethyl adjacent to an activating group) is 2. The molecular formula is C55H100N6O2+4. The fourth-order valence-electron chi connectivity index (χ4n) is 9.77. The summed E-state index contributed by atoms with van der Waals surface area (Å²) in [5.41, 5.74) is 5.89. The van der Waals surface area contributed by atoms with Gasteiger partial charge in [-0.05, 0) is 84.7 Å². The standard InChI is InChI=1S/C55H98N6O2/c1-17-21-29-60(15,30-22-18-2)34-33-58(11,12)41-46-37-48(54(5,6)7)35-44(52(46)62)39-56-50-27-25-26-28-51(50)57-40-45-36-49(55(8,9)10)38-47(53(45)63)42-59(13,14)43-61(16,31-23-19-3)32-24-20-4/h35-40,50-51H,17-34,41-43H2,1-16H3/q+2/p+2/t50-,51?/m1/s1. The minimum atomic E-state index is -0.0771. The van der Waals surface area contributed by atoms with Gasteiger partial charge in [-0.2, -0.15) is 0 Å². The molecule has 1 unspecified atom stereocenters. The van der Waals surface area contributed by atoms with Crippen molar-refractivity contribution < 1.29 is 28.1 Å². The van der Waals surface area contributed by atoms with Crippen molar-refractivity contribution in [3.05, 3.63) is 57.6 Å². The average Bonchev–Trinajstić information content (AvgIpc) is 3.19. The molecule has 1 aliphatic rings. The van der Waals surface area contributed by atoms with E-state index < -0.39 is 0 Å². The Balaban J connectivity index is 1.95. The number of aliphatic imine (C=N–C) groups is 2. The molecule has 0 bridgehead atoms. The van der Waals surface area contributed by atoms with Crippen LogP contribution < -0.4 is 0 Å². The Kier molecular flexibility index (Phi) is 20.4. The molecule has 8 nitrogen and oxygen atoms in total. The summed E-state index contributed by atoms with van der Waals surface area (Å²) in [7, 11) is 14.2. The summed E-state index contributed by atoms with van der Waals surface area (Å²) in [5.74, 6) is 0.712. The number of quaternary nitrogens is 4. The van der Waals surface area contributed by atoms with E-state index in [1.54, 1.807) is 0 Å². The van der Waals surface area contributed by atoms with Gasteiger partial charge >= 0.3 is 0 Å². The second kappa shape index (κ2) is 23.6. The van der Waals surface area contributed by atoms with Gasteiger partial charge in [0.2, 0.25) is 6.67 Å². The van der Waals surface area contributed by atoms with Crippen molar-refractivity contribution >= 4 is 12.4 Å². The SMILES string of the molecule is CCCC[N+](C)(CCCC)CC[N+](C)(C)Cc1cc(C(C)(C)C)cc(C=N[C@@H]2CCCCC2N=Cc2cc(C(C)(C)C)cc(C[N+](C)(C)C[N+](C)(CCCC)CCCC)c2O)c1O. The highest BCUT2D eigenvalue weighted by atomic mass is 16.3. The van der Waals surface area contributed by atoms with E-state index in [0.29, 0.717) is 11.5 Å². The molecule has 3 rings (SSSR count). The van der Waals surface area contributed by atoms with Crippen LogP contribution in [0.25, 0.3) is 0 Å². The van der Waals surface area contributed by atoms with E-state index in [0.717, 1.165) is 98.7 Å². The number of aromatic hydroxyl groups is 2. The lowest BCUT2D eigenvalue weighted by molar-refractivity contribution is -1.08. The van der Waals surface area contributed by atoms with Crippen molar-refractivity contribution in [3.63, 3.8) is 0 Å². The lowest BCUT2D eigenvalue weighted by Crippen LogP contribution is -2.58. The Morgan fingerprint density at radius 1 is 0.524 bits per heavy atom. The first kappa shape index (κ1) is 54.6. The minimum Gasteiger partial charge on any atom is -0.507 e. The lowest BCUT2D eigenvalue weighted by Gasteiger charge is -2.41. The zero-order chi connectivity index (χ0) is 47.3. The number of benzene rings is 2. The molecule has 2 N–H and O–H groups in total. The van der Waals surface area contributed by atoms with Gasteiger partial charge in [-0.15, -0.1) is 0 Å². The van der Waals surface area contributed by atoms with Crippen LogP contribution in [0.2, 0.25) is 0 Å². The van der Waals surface area contributed by atoms with Crippen LogP contribution in [-0.2, 0) is 23.9 Å². The van der Waals surface area contributed by atoms with Crippen molar-refractivity contribution in [3.8, 4) is 11.5 Å². The molecule has 0 amide bonds. The summed E-state index contributed by atoms with van der Waals surface area (Å²) < 4.78 is 3.80. The third-order valence-electron chi connectivity index (χ3n) is 14.0. The summed E-state index contributed by atoms with van der Waals surface area (Å²) in [4.78, 5) is 10.5. The average molecular weight is 877 g/mol. The van der Waals surface area contributed by atoms with Crippen molar-refractivity contribution in [1.29, 1.82) is 0 Å². The summed E-state index contributed by atoms with van der Waals surface area (Å²) in [6, 6.07) is 8.81. The molecule has 0 aromatic heterocycles. The fourth-order valence-corrected chi connectivity index (χ4v) is 9.77. The molecule has 8 heteroatoms. The predicted molar refractivity (Wildman–Crippen MR) is 273 cm³/mol. The predicted octanol–water partition coefficient (Wildman–Crippen LogP) is 11.7. The van der Waals surface area contributed by atoms with Crippen molar-refractivity contribution in [2.75, 3.05) is 88.2 Å². The number of unbranched alkanes of at least 4 members (excludes halogenated alkanes) is 4. The van der Waals surface area contributed by atoms with E-state index in [-0.39, 0.29) is 22.9 Å². The van der Waals surface area contributed by atoms with Crippen LogP contribution >= 0.6 is 0 Å². The topological polar surface area (TPSA) is 65.2 Å². The molecule has 0 saturated heterocycles. The Labute approximate surface area is 388 Å². The second-order valence-electron chi connectivity index (χ2n) is 23.9. The van der Waals surface area contributed by atoms with Gasteiger partial charge in [0, 0.05) is 34.7 Å². The van der Waals surface area contributed by atoms with Gasteiger partial charge in [0.25, 0.3) is 0 Å². The van der Waals surface area contributed by atoms with E-state index >= 15 is 0 Å². The highest BCUT2D eigenvalue weighted by molar-refractivity contribution is 5.86. The van der Waals surface area contributed by atoms with Crippen LogP contribution in [0.4, 0.5) is 0 Å². The van der Waals surface area contributed by atoms with E-state index in [2.05, 4.69) is 136 Å². The van der Waals surface area contributed by atoms with Gasteiger partial charge < -0.3 is 19.2 Å². The molecule has 0 heterocycles. The summed E-state index contributed by atoms with van der Waals surface area (Å²) >= 11 is 0. The van der Waals surface area contributed by atoms with Gasteiger partial charge in [0.15, 0.2) is 0 Å². The molecule has 2 atom stereocenters. The lowest BCUT2D eigenvalue weighted by atomic mass is 9.84. The molecule has 0 spiro atoms. The van der Waals surface area contributed by atoms with Crippen LogP contribution in [0.1, 0.15) is 180 Å². The Hall–Kier alpha value is -2.78. The van der Waals surface area contributed by atoms with Gasteiger partial charge in [-0.3, -0.25) is 19.0 Å². The van der Waals surface area contributed by atoms with Gasteiger partial charge in [0.05, 0.1) is 80.5 Å². The van der Waals surface area contributed by atoms with Crippen LogP contribution in [0.3, 0.4) is 0 Å². The molecule has 358 valence electrons. The van der Waals surface area contributed by atoms with E-state index in [1.807, 2.05) is 12.4 Å². The third kappa shape index (κ3) is 17.5. The first-order chi connectivity index (χ1) is 29.3. The number of hydrogen-bond acceptors (Lipinski definition) is 4. The maximum absolute atomic E-state index is 12.0. The second-order valence-corrected chi connectivity index (χ2v) is 23.9. The molecule has 63 heavy (non-hydrogen) atoms. The number of phenolic OH excluding ortho intramolecular Hbond substituents is 2. The highest BCUT2D eigenvalue weighted by Gasteiger charge is 2.33. The van der Waals surface area contributed by atoms with Gasteiger partial charge in [-0.1, -0.05) is 108 Å². The Morgan fingerprint density at radius 3 is 1.25 bits per heavy atom. The number of nitrogens with zero attached hydrogens (tertiary/aromatic N) is 6.